The highest BCUT2D eigenvalue weighted by Gasteiger charge is 2.30. The molecule has 2 aromatic carbocycles. The highest BCUT2D eigenvalue weighted by Crippen LogP contribution is 2.29. The van der Waals surface area contributed by atoms with Crippen LogP contribution in [0.4, 0.5) is 13.2 Å². The van der Waals surface area contributed by atoms with Crippen molar-refractivity contribution in [2.45, 2.75) is 12.6 Å². The van der Waals surface area contributed by atoms with Crippen molar-refractivity contribution in [3.63, 3.8) is 0 Å². The maximum absolute atomic E-state index is 12.6. The Kier molecular flexibility index (Phi) is 4.47. The van der Waals surface area contributed by atoms with Crippen LogP contribution >= 0.6 is 22.6 Å². The molecule has 1 nitrogen and oxygen atoms in total. The van der Waals surface area contributed by atoms with E-state index in [0.717, 1.165) is 15.7 Å². The molecule has 0 saturated carbocycles. The molecule has 0 atom stereocenters. The highest BCUT2D eigenvalue weighted by atomic mass is 127. The number of benzene rings is 2. The van der Waals surface area contributed by atoms with Gasteiger partial charge in [-0.05, 0) is 46.4 Å². The third-order valence-corrected chi connectivity index (χ3v) is 3.50. The fourth-order valence-electron chi connectivity index (χ4n) is 1.78. The van der Waals surface area contributed by atoms with Gasteiger partial charge in [0.15, 0.2) is 5.78 Å². The van der Waals surface area contributed by atoms with Crippen LogP contribution in [0.15, 0.2) is 48.5 Å². The number of ketones is 1. The topological polar surface area (TPSA) is 17.1 Å². The number of rotatable bonds is 3. The van der Waals surface area contributed by atoms with Crippen LogP contribution in [0.25, 0.3) is 0 Å². The lowest BCUT2D eigenvalue weighted by Gasteiger charge is -2.08. The van der Waals surface area contributed by atoms with E-state index in [4.69, 9.17) is 0 Å². The van der Waals surface area contributed by atoms with E-state index >= 15 is 0 Å². The Morgan fingerprint density at radius 2 is 1.70 bits per heavy atom. The number of Topliss-reactive ketones (excluding diaryl/α,β-unsaturated/α-hetero) is 1. The van der Waals surface area contributed by atoms with Gasteiger partial charge in [0, 0.05) is 15.6 Å². The first-order valence-electron chi connectivity index (χ1n) is 5.81. The number of halogens is 4. The van der Waals surface area contributed by atoms with Crippen LogP contribution in [-0.2, 0) is 12.6 Å². The summed E-state index contributed by atoms with van der Waals surface area (Å²) in [6, 6.07) is 11.8. The molecule has 0 aliphatic carbocycles. The lowest BCUT2D eigenvalue weighted by molar-refractivity contribution is -0.137. The van der Waals surface area contributed by atoms with Gasteiger partial charge in [-0.3, -0.25) is 4.79 Å². The molecule has 0 aliphatic heterocycles. The van der Waals surface area contributed by atoms with Crippen molar-refractivity contribution < 1.29 is 18.0 Å². The molecule has 0 radical (unpaired) electrons. The van der Waals surface area contributed by atoms with Crippen molar-refractivity contribution in [2.24, 2.45) is 0 Å². The summed E-state index contributed by atoms with van der Waals surface area (Å²) in [5, 5.41) is 0. The van der Waals surface area contributed by atoms with E-state index in [2.05, 4.69) is 22.6 Å². The second-order valence-electron chi connectivity index (χ2n) is 4.30. The molecule has 0 amide bonds. The van der Waals surface area contributed by atoms with Gasteiger partial charge in [-0.1, -0.05) is 30.3 Å². The number of carbonyl (C=O) groups excluding carboxylic acids is 1. The van der Waals surface area contributed by atoms with Gasteiger partial charge in [-0.2, -0.15) is 13.2 Å². The number of alkyl halides is 3. The molecule has 0 saturated heterocycles. The van der Waals surface area contributed by atoms with E-state index in [1.54, 1.807) is 24.3 Å². The van der Waals surface area contributed by atoms with Crippen LogP contribution in [0, 0.1) is 3.57 Å². The molecule has 5 heteroatoms. The summed E-state index contributed by atoms with van der Waals surface area (Å²) >= 11 is 2.12. The predicted molar refractivity (Wildman–Crippen MR) is 78.6 cm³/mol. The molecule has 2 aromatic rings. The first-order valence-corrected chi connectivity index (χ1v) is 6.89. The summed E-state index contributed by atoms with van der Waals surface area (Å²) in [6.07, 6.45) is -4.42. The summed E-state index contributed by atoms with van der Waals surface area (Å²) < 4.78 is 38.8. The summed E-state index contributed by atoms with van der Waals surface area (Å²) in [5.41, 5.74) is 0.136. The Bertz CT molecular complexity index is 618. The van der Waals surface area contributed by atoms with E-state index in [9.17, 15) is 18.0 Å². The maximum atomic E-state index is 12.6. The molecular formula is C15H10F3IO. The normalized spacial score (nSPS) is 11.4. The predicted octanol–water partition coefficient (Wildman–Crippen LogP) is 4.74. The van der Waals surface area contributed by atoms with Crippen molar-refractivity contribution in [1.82, 2.24) is 0 Å². The van der Waals surface area contributed by atoms with E-state index in [1.165, 1.54) is 12.1 Å². The quantitative estimate of drug-likeness (QED) is 0.547. The third kappa shape index (κ3) is 3.82. The molecule has 0 N–H and O–H groups in total. The Morgan fingerprint density at radius 3 is 2.30 bits per heavy atom. The molecule has 104 valence electrons. The van der Waals surface area contributed by atoms with Crippen molar-refractivity contribution >= 4 is 28.4 Å². The molecular weight excluding hydrogens is 380 g/mol. The first kappa shape index (κ1) is 15.0. The second-order valence-corrected chi connectivity index (χ2v) is 5.55. The Hall–Kier alpha value is -1.37. The average molecular weight is 390 g/mol. The van der Waals surface area contributed by atoms with Crippen LogP contribution in [0.3, 0.4) is 0 Å². The molecule has 20 heavy (non-hydrogen) atoms. The standard InChI is InChI=1S/C15H10F3IO/c16-15(17,18)12-3-1-2-10(8-12)9-14(20)11-4-6-13(19)7-5-11/h1-8H,9H2. The fraction of sp³-hybridized carbons (Fsp3) is 0.133. The maximum Gasteiger partial charge on any atom is 0.416 e. The van der Waals surface area contributed by atoms with Crippen LogP contribution in [0.5, 0.6) is 0 Å². The van der Waals surface area contributed by atoms with Crippen LogP contribution in [0.2, 0.25) is 0 Å². The molecule has 0 heterocycles. The van der Waals surface area contributed by atoms with E-state index in [-0.39, 0.29) is 12.2 Å². The van der Waals surface area contributed by atoms with Gasteiger partial charge < -0.3 is 0 Å². The van der Waals surface area contributed by atoms with E-state index < -0.39 is 11.7 Å². The zero-order chi connectivity index (χ0) is 14.8. The van der Waals surface area contributed by atoms with Gasteiger partial charge in [0.2, 0.25) is 0 Å². The highest BCUT2D eigenvalue weighted by molar-refractivity contribution is 14.1. The smallest absolute Gasteiger partial charge is 0.294 e. The van der Waals surface area contributed by atoms with Gasteiger partial charge in [-0.15, -0.1) is 0 Å². The summed E-state index contributed by atoms with van der Waals surface area (Å²) in [5.74, 6) is -0.194. The summed E-state index contributed by atoms with van der Waals surface area (Å²) in [4.78, 5) is 12.0. The zero-order valence-corrected chi connectivity index (χ0v) is 12.4. The van der Waals surface area contributed by atoms with Crippen molar-refractivity contribution in [3.8, 4) is 0 Å². The Morgan fingerprint density at radius 1 is 1.05 bits per heavy atom. The molecule has 0 aliphatic rings. The van der Waals surface area contributed by atoms with Crippen LogP contribution < -0.4 is 0 Å². The lowest BCUT2D eigenvalue weighted by atomic mass is 10.0. The van der Waals surface area contributed by atoms with Gasteiger partial charge in [-0.25, -0.2) is 0 Å². The number of carbonyl (C=O) groups is 1. The monoisotopic (exact) mass is 390 g/mol. The van der Waals surface area contributed by atoms with Gasteiger partial charge in [0.1, 0.15) is 0 Å². The number of hydrogen-bond acceptors (Lipinski definition) is 1. The molecule has 0 aromatic heterocycles. The van der Waals surface area contributed by atoms with Crippen molar-refractivity contribution in [2.75, 3.05) is 0 Å². The molecule has 0 fully saturated rings. The summed E-state index contributed by atoms with van der Waals surface area (Å²) in [6.45, 7) is 0. The first-order chi connectivity index (χ1) is 9.36. The van der Waals surface area contributed by atoms with Crippen molar-refractivity contribution in [1.29, 1.82) is 0 Å². The third-order valence-electron chi connectivity index (χ3n) is 2.79. The fourth-order valence-corrected chi connectivity index (χ4v) is 2.14. The zero-order valence-electron chi connectivity index (χ0n) is 10.2. The Labute approximate surface area is 128 Å². The minimum absolute atomic E-state index is 0.0372. The number of hydrogen-bond donors (Lipinski definition) is 0. The SMILES string of the molecule is O=C(Cc1cccc(C(F)(F)F)c1)c1ccc(I)cc1. The van der Waals surface area contributed by atoms with Crippen LogP contribution in [-0.4, -0.2) is 5.78 Å². The molecule has 0 bridgehead atoms. The van der Waals surface area contributed by atoms with Gasteiger partial charge in [0.25, 0.3) is 0 Å². The minimum atomic E-state index is -4.39. The largest absolute Gasteiger partial charge is 0.416 e. The molecule has 0 spiro atoms. The minimum Gasteiger partial charge on any atom is -0.294 e. The van der Waals surface area contributed by atoms with Crippen molar-refractivity contribution in [3.05, 3.63) is 68.8 Å². The van der Waals surface area contributed by atoms with E-state index in [0.29, 0.717) is 11.1 Å². The Balaban J connectivity index is 2.18. The van der Waals surface area contributed by atoms with Gasteiger partial charge >= 0.3 is 6.18 Å². The second kappa shape index (κ2) is 5.95. The van der Waals surface area contributed by atoms with Crippen LogP contribution in [0.1, 0.15) is 21.5 Å². The molecule has 2 rings (SSSR count). The molecule has 0 unspecified atom stereocenters. The lowest BCUT2D eigenvalue weighted by Crippen LogP contribution is -2.08. The summed E-state index contributed by atoms with van der Waals surface area (Å²) in [7, 11) is 0. The average Bonchev–Trinajstić information content (AvgIpc) is 2.38. The van der Waals surface area contributed by atoms with E-state index in [1.807, 2.05) is 0 Å². The van der Waals surface area contributed by atoms with Gasteiger partial charge in [0.05, 0.1) is 5.56 Å².